The van der Waals surface area contributed by atoms with Gasteiger partial charge in [-0.1, -0.05) is 0 Å². The summed E-state index contributed by atoms with van der Waals surface area (Å²) in [6.07, 6.45) is 2.31. The predicted molar refractivity (Wildman–Crippen MR) is 57.3 cm³/mol. The molecule has 1 heterocycles. The molecule has 0 aromatic carbocycles. The Kier molecular flexibility index (Phi) is 4.35. The van der Waals surface area contributed by atoms with Crippen molar-refractivity contribution in [2.75, 3.05) is 33.4 Å². The largest absolute Gasteiger partial charge is 0.396 e. The molecule has 3 heteroatoms. The van der Waals surface area contributed by atoms with Gasteiger partial charge in [-0.25, -0.2) is 0 Å². The lowest BCUT2D eigenvalue weighted by Gasteiger charge is -2.45. The Balaban J connectivity index is 2.48. The lowest BCUT2D eigenvalue weighted by Crippen LogP contribution is -2.52. The average molecular weight is 201 g/mol. The minimum Gasteiger partial charge on any atom is -0.396 e. The molecule has 0 bridgehead atoms. The molecule has 84 valence electrons. The maximum absolute atomic E-state index is 9.15. The molecular formula is C11H23NO2. The number of rotatable bonds is 4. The van der Waals surface area contributed by atoms with Crippen LogP contribution in [0.3, 0.4) is 0 Å². The van der Waals surface area contributed by atoms with Gasteiger partial charge in [0.25, 0.3) is 0 Å². The molecule has 1 aliphatic rings. The topological polar surface area (TPSA) is 32.7 Å². The molecule has 0 radical (unpaired) electrons. The van der Waals surface area contributed by atoms with E-state index in [1.54, 1.807) is 7.11 Å². The Labute approximate surface area is 87.1 Å². The highest BCUT2D eigenvalue weighted by molar-refractivity contribution is 4.88. The zero-order valence-corrected chi connectivity index (χ0v) is 9.62. The first-order chi connectivity index (χ1) is 6.60. The fourth-order valence-electron chi connectivity index (χ4n) is 2.11. The smallest absolute Gasteiger partial charge is 0.0589 e. The zero-order valence-electron chi connectivity index (χ0n) is 9.62. The first-order valence-electron chi connectivity index (χ1n) is 5.45. The quantitative estimate of drug-likeness (QED) is 0.739. The minimum absolute atomic E-state index is 0.268. The monoisotopic (exact) mass is 201 g/mol. The maximum atomic E-state index is 9.15. The second-order valence-corrected chi connectivity index (χ2v) is 4.84. The van der Waals surface area contributed by atoms with E-state index in [0.717, 1.165) is 26.1 Å². The van der Waals surface area contributed by atoms with Crippen molar-refractivity contribution in [1.82, 2.24) is 4.90 Å². The van der Waals surface area contributed by atoms with Crippen LogP contribution in [0.2, 0.25) is 0 Å². The lowest BCUT2D eigenvalue weighted by atomic mass is 9.85. The van der Waals surface area contributed by atoms with E-state index in [-0.39, 0.29) is 5.54 Å². The van der Waals surface area contributed by atoms with Gasteiger partial charge in [0.15, 0.2) is 0 Å². The van der Waals surface area contributed by atoms with Gasteiger partial charge in [0.05, 0.1) is 6.61 Å². The van der Waals surface area contributed by atoms with Crippen molar-refractivity contribution in [2.24, 2.45) is 5.92 Å². The Morgan fingerprint density at radius 1 is 1.50 bits per heavy atom. The van der Waals surface area contributed by atoms with Crippen LogP contribution in [0.5, 0.6) is 0 Å². The van der Waals surface area contributed by atoms with E-state index in [1.165, 1.54) is 6.42 Å². The summed E-state index contributed by atoms with van der Waals surface area (Å²) in [7, 11) is 1.74. The van der Waals surface area contributed by atoms with Gasteiger partial charge in [0.2, 0.25) is 0 Å². The third-order valence-electron chi connectivity index (χ3n) is 3.32. The molecule has 1 N–H and O–H groups in total. The zero-order chi connectivity index (χ0) is 10.6. The molecule has 1 unspecified atom stereocenters. The van der Waals surface area contributed by atoms with Crippen LogP contribution in [0.1, 0.15) is 26.7 Å². The second kappa shape index (κ2) is 5.10. The van der Waals surface area contributed by atoms with E-state index < -0.39 is 0 Å². The number of likely N-dealkylation sites (tertiary alicyclic amines) is 1. The highest BCUT2D eigenvalue weighted by atomic mass is 16.5. The lowest BCUT2D eigenvalue weighted by molar-refractivity contribution is 0.00920. The summed E-state index contributed by atoms with van der Waals surface area (Å²) in [6, 6.07) is 0. The van der Waals surface area contributed by atoms with Crippen molar-refractivity contribution in [3.05, 3.63) is 0 Å². The highest BCUT2D eigenvalue weighted by Gasteiger charge is 2.33. The molecule has 3 nitrogen and oxygen atoms in total. The average Bonchev–Trinajstić information content (AvgIpc) is 2.16. The number of aliphatic hydroxyl groups is 1. The summed E-state index contributed by atoms with van der Waals surface area (Å²) in [4.78, 5) is 2.43. The van der Waals surface area contributed by atoms with Crippen LogP contribution in [-0.2, 0) is 4.74 Å². The highest BCUT2D eigenvalue weighted by Crippen LogP contribution is 2.29. The first kappa shape index (κ1) is 12.0. The van der Waals surface area contributed by atoms with Crippen molar-refractivity contribution in [3.8, 4) is 0 Å². The summed E-state index contributed by atoms with van der Waals surface area (Å²) < 4.78 is 5.10. The van der Waals surface area contributed by atoms with E-state index in [9.17, 15) is 0 Å². The van der Waals surface area contributed by atoms with Crippen molar-refractivity contribution >= 4 is 0 Å². The molecule has 1 rings (SSSR count). The minimum atomic E-state index is 0.268. The van der Waals surface area contributed by atoms with Crippen molar-refractivity contribution in [2.45, 2.75) is 32.2 Å². The molecular weight excluding hydrogens is 178 g/mol. The number of aliphatic hydroxyl groups excluding tert-OH is 1. The van der Waals surface area contributed by atoms with Crippen molar-refractivity contribution in [1.29, 1.82) is 0 Å². The summed E-state index contributed by atoms with van der Waals surface area (Å²) in [5.41, 5.74) is 0.268. The third kappa shape index (κ3) is 2.94. The van der Waals surface area contributed by atoms with Gasteiger partial charge in [-0.2, -0.15) is 0 Å². The van der Waals surface area contributed by atoms with E-state index in [4.69, 9.17) is 9.84 Å². The van der Waals surface area contributed by atoms with E-state index in [2.05, 4.69) is 18.7 Å². The van der Waals surface area contributed by atoms with Gasteiger partial charge in [0.1, 0.15) is 0 Å². The number of hydrogen-bond acceptors (Lipinski definition) is 3. The van der Waals surface area contributed by atoms with Crippen LogP contribution in [0, 0.1) is 5.92 Å². The van der Waals surface area contributed by atoms with E-state index in [0.29, 0.717) is 12.5 Å². The molecule has 0 saturated carbocycles. The number of ether oxygens (including phenoxy) is 1. The molecule has 1 atom stereocenters. The van der Waals surface area contributed by atoms with Gasteiger partial charge in [-0.15, -0.1) is 0 Å². The van der Waals surface area contributed by atoms with Crippen molar-refractivity contribution in [3.63, 3.8) is 0 Å². The number of methoxy groups -OCH3 is 1. The SMILES string of the molecule is COCCN1CC(CO)CCC1(C)C. The van der Waals surface area contributed by atoms with Crippen LogP contribution in [0.15, 0.2) is 0 Å². The maximum Gasteiger partial charge on any atom is 0.0589 e. The third-order valence-corrected chi connectivity index (χ3v) is 3.32. The molecule has 14 heavy (non-hydrogen) atoms. The van der Waals surface area contributed by atoms with Crippen LogP contribution in [-0.4, -0.2) is 49.0 Å². The number of hydrogen-bond donors (Lipinski definition) is 1. The van der Waals surface area contributed by atoms with Gasteiger partial charge in [0, 0.05) is 32.3 Å². The summed E-state index contributed by atoms with van der Waals surface area (Å²) in [5, 5.41) is 9.15. The Morgan fingerprint density at radius 2 is 2.21 bits per heavy atom. The van der Waals surface area contributed by atoms with Crippen LogP contribution in [0.25, 0.3) is 0 Å². The predicted octanol–water partition coefficient (Wildman–Crippen LogP) is 1.12. The Hall–Kier alpha value is -0.120. The molecule has 0 aromatic heterocycles. The first-order valence-corrected chi connectivity index (χ1v) is 5.45. The summed E-state index contributed by atoms with van der Waals surface area (Å²) >= 11 is 0. The summed E-state index contributed by atoms with van der Waals surface area (Å²) in [6.45, 7) is 7.63. The van der Waals surface area contributed by atoms with Crippen LogP contribution in [0.4, 0.5) is 0 Å². The van der Waals surface area contributed by atoms with Gasteiger partial charge in [-0.3, -0.25) is 4.90 Å². The molecule has 0 amide bonds. The molecule has 1 saturated heterocycles. The van der Waals surface area contributed by atoms with Gasteiger partial charge in [-0.05, 0) is 32.6 Å². The van der Waals surface area contributed by atoms with Gasteiger partial charge >= 0.3 is 0 Å². The van der Waals surface area contributed by atoms with Crippen LogP contribution < -0.4 is 0 Å². The fraction of sp³-hybridized carbons (Fsp3) is 1.00. The van der Waals surface area contributed by atoms with Crippen LogP contribution >= 0.6 is 0 Å². The normalized spacial score (nSPS) is 27.9. The standard InChI is InChI=1S/C11H23NO2/c1-11(2)5-4-10(9-13)8-12(11)6-7-14-3/h10,13H,4-9H2,1-3H3. The summed E-state index contributed by atoms with van der Waals surface area (Å²) in [5.74, 6) is 0.458. The van der Waals surface area contributed by atoms with Gasteiger partial charge < -0.3 is 9.84 Å². The Bertz CT molecular complexity index is 171. The second-order valence-electron chi connectivity index (χ2n) is 4.84. The molecule has 0 aromatic rings. The van der Waals surface area contributed by atoms with Crippen molar-refractivity contribution < 1.29 is 9.84 Å². The fourth-order valence-corrected chi connectivity index (χ4v) is 2.11. The molecule has 1 aliphatic heterocycles. The number of piperidine rings is 1. The van der Waals surface area contributed by atoms with E-state index >= 15 is 0 Å². The molecule has 0 spiro atoms. The molecule has 1 fully saturated rings. The molecule has 0 aliphatic carbocycles. The Morgan fingerprint density at radius 3 is 2.79 bits per heavy atom. The number of nitrogens with zero attached hydrogens (tertiary/aromatic N) is 1. The van der Waals surface area contributed by atoms with E-state index in [1.807, 2.05) is 0 Å².